The van der Waals surface area contributed by atoms with Crippen LogP contribution in [0.2, 0.25) is 0 Å². The van der Waals surface area contributed by atoms with Crippen molar-refractivity contribution < 1.29 is 9.18 Å². The van der Waals surface area contributed by atoms with Gasteiger partial charge in [-0.3, -0.25) is 9.78 Å². The summed E-state index contributed by atoms with van der Waals surface area (Å²) in [6, 6.07) is 10.9. The Balaban J connectivity index is 1.54. The van der Waals surface area contributed by atoms with Crippen molar-refractivity contribution in [3.8, 4) is 0 Å². The van der Waals surface area contributed by atoms with Crippen molar-refractivity contribution in [1.29, 1.82) is 0 Å². The number of carbonyl (C=O) groups excluding carboxylic acids is 1. The number of aryl methyl sites for hydroxylation is 1. The molecule has 27 heavy (non-hydrogen) atoms. The molecule has 2 atom stereocenters. The molecule has 0 spiro atoms. The molecule has 0 N–H and O–H groups in total. The highest BCUT2D eigenvalue weighted by atomic mass is 19.1. The van der Waals surface area contributed by atoms with Crippen molar-refractivity contribution in [2.45, 2.75) is 45.2 Å². The molecule has 1 amide bonds. The molecule has 1 aromatic carbocycles. The van der Waals surface area contributed by atoms with E-state index < -0.39 is 0 Å². The molecule has 0 bridgehead atoms. The van der Waals surface area contributed by atoms with E-state index >= 15 is 0 Å². The van der Waals surface area contributed by atoms with Crippen LogP contribution in [0.5, 0.6) is 0 Å². The number of rotatable bonds is 2. The van der Waals surface area contributed by atoms with Gasteiger partial charge < -0.3 is 9.80 Å². The second-order valence-electron chi connectivity index (χ2n) is 8.42. The minimum atomic E-state index is -0.203. The number of hydrogen-bond donors (Lipinski definition) is 0. The lowest BCUT2D eigenvalue weighted by molar-refractivity contribution is 0.0667. The van der Waals surface area contributed by atoms with E-state index in [0.29, 0.717) is 17.5 Å². The summed E-state index contributed by atoms with van der Waals surface area (Å²) >= 11 is 0. The zero-order chi connectivity index (χ0) is 19.2. The summed E-state index contributed by atoms with van der Waals surface area (Å²) in [6.45, 7) is 7.81. The highest BCUT2D eigenvalue weighted by molar-refractivity contribution is 5.94. The number of halogens is 1. The number of hydrogen-bond acceptors (Lipinski definition) is 3. The van der Waals surface area contributed by atoms with Crippen molar-refractivity contribution in [1.82, 2.24) is 9.88 Å². The van der Waals surface area contributed by atoms with E-state index in [0.717, 1.165) is 37.3 Å². The van der Waals surface area contributed by atoms with Crippen LogP contribution in [0.4, 0.5) is 10.1 Å². The van der Waals surface area contributed by atoms with E-state index in [9.17, 15) is 9.18 Å². The highest BCUT2D eigenvalue weighted by Crippen LogP contribution is 2.44. The van der Waals surface area contributed by atoms with Gasteiger partial charge in [0.25, 0.3) is 5.91 Å². The van der Waals surface area contributed by atoms with Gasteiger partial charge in [0.05, 0.1) is 5.56 Å². The number of fused-ring (bicyclic) bond motifs is 1. The van der Waals surface area contributed by atoms with Crippen LogP contribution in [0.15, 0.2) is 42.6 Å². The number of amides is 1. The third-order valence-electron chi connectivity index (χ3n) is 5.97. The Morgan fingerprint density at radius 1 is 1.26 bits per heavy atom. The lowest BCUT2D eigenvalue weighted by Gasteiger charge is -2.41. The number of anilines is 1. The Morgan fingerprint density at radius 3 is 2.78 bits per heavy atom. The van der Waals surface area contributed by atoms with E-state index in [-0.39, 0.29) is 17.3 Å². The molecule has 4 rings (SSSR count). The summed E-state index contributed by atoms with van der Waals surface area (Å²) in [5, 5.41) is 0. The number of benzene rings is 1. The van der Waals surface area contributed by atoms with Gasteiger partial charge in [0, 0.05) is 42.2 Å². The Hall–Kier alpha value is -2.43. The summed E-state index contributed by atoms with van der Waals surface area (Å²) in [5.41, 5.74) is 2.44. The first-order chi connectivity index (χ1) is 12.8. The molecular formula is C22H26FN3O. The van der Waals surface area contributed by atoms with E-state index in [2.05, 4.69) is 23.7 Å². The maximum absolute atomic E-state index is 13.8. The number of likely N-dealkylation sites (tertiary alicyclic amines) is 1. The van der Waals surface area contributed by atoms with Crippen LogP contribution >= 0.6 is 0 Å². The van der Waals surface area contributed by atoms with Crippen LogP contribution in [0.3, 0.4) is 0 Å². The number of nitrogens with zero attached hydrogens (tertiary/aromatic N) is 3. The summed E-state index contributed by atoms with van der Waals surface area (Å²) in [4.78, 5) is 21.5. The molecule has 0 unspecified atom stereocenters. The topological polar surface area (TPSA) is 36.4 Å². The molecule has 2 fully saturated rings. The smallest absolute Gasteiger partial charge is 0.255 e. The van der Waals surface area contributed by atoms with Gasteiger partial charge >= 0.3 is 0 Å². The van der Waals surface area contributed by atoms with Crippen LogP contribution in [0.25, 0.3) is 0 Å². The molecule has 3 heterocycles. The fraction of sp³-hybridized carbons (Fsp3) is 0.455. The summed E-state index contributed by atoms with van der Waals surface area (Å²) < 4.78 is 13.8. The van der Waals surface area contributed by atoms with E-state index in [1.807, 2.05) is 30.0 Å². The Morgan fingerprint density at radius 2 is 2.07 bits per heavy atom. The van der Waals surface area contributed by atoms with Gasteiger partial charge in [-0.25, -0.2) is 4.39 Å². The quantitative estimate of drug-likeness (QED) is 0.803. The van der Waals surface area contributed by atoms with Crippen LogP contribution in [-0.2, 0) is 0 Å². The summed E-state index contributed by atoms with van der Waals surface area (Å²) in [6.07, 6.45) is 3.56. The van der Waals surface area contributed by atoms with Gasteiger partial charge in [-0.1, -0.05) is 6.07 Å². The van der Waals surface area contributed by atoms with Crippen molar-refractivity contribution in [2.24, 2.45) is 5.92 Å². The van der Waals surface area contributed by atoms with Gasteiger partial charge in [-0.2, -0.15) is 0 Å². The fourth-order valence-corrected chi connectivity index (χ4v) is 4.88. The first kappa shape index (κ1) is 18.0. The number of piperidine rings is 1. The van der Waals surface area contributed by atoms with Crippen LogP contribution in [0, 0.1) is 18.7 Å². The molecule has 0 aliphatic carbocycles. The second kappa shape index (κ2) is 6.63. The molecule has 1 aromatic heterocycles. The molecule has 2 aliphatic rings. The lowest BCUT2D eigenvalue weighted by atomic mass is 9.89. The first-order valence-corrected chi connectivity index (χ1v) is 9.62. The molecule has 0 radical (unpaired) electrons. The van der Waals surface area contributed by atoms with Crippen LogP contribution < -0.4 is 4.90 Å². The fourth-order valence-electron chi connectivity index (χ4n) is 4.88. The molecule has 142 valence electrons. The third-order valence-corrected chi connectivity index (χ3v) is 5.97. The van der Waals surface area contributed by atoms with E-state index in [4.69, 9.17) is 0 Å². The zero-order valence-corrected chi connectivity index (χ0v) is 16.2. The van der Waals surface area contributed by atoms with E-state index in [1.54, 1.807) is 18.3 Å². The Kier molecular flexibility index (Phi) is 4.41. The monoisotopic (exact) mass is 367 g/mol. The van der Waals surface area contributed by atoms with Crippen molar-refractivity contribution >= 4 is 11.6 Å². The lowest BCUT2D eigenvalue weighted by Crippen LogP contribution is -2.50. The minimum Gasteiger partial charge on any atom is -0.363 e. The predicted molar refractivity (Wildman–Crippen MR) is 104 cm³/mol. The standard InChI is InChI=1S/C22H26FN3O/c1-15-7-8-16(13-24-15)21(27)25-10-9-20-17(14-25)12-22(2,3)26(20)19-6-4-5-18(23)11-19/h4-8,11,13,17,20H,9-10,12,14H2,1-3H3/t17-,20+/m1/s1. The average Bonchev–Trinajstić information content (AvgIpc) is 2.90. The number of aromatic nitrogens is 1. The molecule has 2 aromatic rings. The number of carbonyl (C=O) groups is 1. The van der Waals surface area contributed by atoms with Crippen LogP contribution in [-0.4, -0.2) is 40.5 Å². The van der Waals surface area contributed by atoms with Gasteiger partial charge in [0.15, 0.2) is 0 Å². The predicted octanol–water partition coefficient (Wildman–Crippen LogP) is 4.05. The van der Waals surface area contributed by atoms with E-state index in [1.165, 1.54) is 6.07 Å². The largest absolute Gasteiger partial charge is 0.363 e. The SMILES string of the molecule is Cc1ccc(C(=O)N2CC[C@H]3[C@@H](C2)CC(C)(C)N3c2cccc(F)c2)cn1. The summed E-state index contributed by atoms with van der Waals surface area (Å²) in [7, 11) is 0. The maximum atomic E-state index is 13.8. The number of pyridine rings is 1. The molecule has 0 saturated carbocycles. The molecule has 2 saturated heterocycles. The van der Waals surface area contributed by atoms with Gasteiger partial charge in [-0.15, -0.1) is 0 Å². The second-order valence-corrected chi connectivity index (χ2v) is 8.42. The average molecular weight is 367 g/mol. The van der Waals surface area contributed by atoms with Crippen molar-refractivity contribution in [3.63, 3.8) is 0 Å². The van der Waals surface area contributed by atoms with Crippen molar-refractivity contribution in [2.75, 3.05) is 18.0 Å². The Bertz CT molecular complexity index is 849. The molecule has 2 aliphatic heterocycles. The highest BCUT2D eigenvalue weighted by Gasteiger charge is 2.48. The van der Waals surface area contributed by atoms with Gasteiger partial charge in [0.2, 0.25) is 0 Å². The van der Waals surface area contributed by atoms with Gasteiger partial charge in [0.1, 0.15) is 5.82 Å². The van der Waals surface area contributed by atoms with Crippen LogP contribution in [0.1, 0.15) is 42.7 Å². The van der Waals surface area contributed by atoms with Gasteiger partial charge in [-0.05, 0) is 69.9 Å². The zero-order valence-electron chi connectivity index (χ0n) is 16.2. The Labute approximate surface area is 160 Å². The third kappa shape index (κ3) is 3.31. The van der Waals surface area contributed by atoms with Crippen molar-refractivity contribution in [3.05, 3.63) is 59.7 Å². The maximum Gasteiger partial charge on any atom is 0.255 e. The normalized spacial score (nSPS) is 24.0. The molecule has 4 nitrogen and oxygen atoms in total. The minimum absolute atomic E-state index is 0.0583. The summed E-state index contributed by atoms with van der Waals surface area (Å²) in [5.74, 6) is 0.244. The first-order valence-electron chi connectivity index (χ1n) is 9.62. The molecule has 5 heteroatoms. The molecular weight excluding hydrogens is 341 g/mol.